The third-order valence-corrected chi connectivity index (χ3v) is 7.46. The third-order valence-electron chi connectivity index (χ3n) is 7.46. The first-order valence-electron chi connectivity index (χ1n) is 12.0. The van der Waals surface area contributed by atoms with Crippen molar-refractivity contribution in [3.63, 3.8) is 0 Å². The molecule has 0 radical (unpaired) electrons. The molecule has 5 nitrogen and oxygen atoms in total. The minimum absolute atomic E-state index is 0.0645. The lowest BCUT2D eigenvalue weighted by Gasteiger charge is -2.33. The first-order chi connectivity index (χ1) is 15.9. The van der Waals surface area contributed by atoms with Crippen molar-refractivity contribution >= 4 is 5.91 Å². The molecular weight excluding hydrogens is 415 g/mol. The average molecular weight is 447 g/mol. The first kappa shape index (κ1) is 21.8. The van der Waals surface area contributed by atoms with Crippen molar-refractivity contribution in [2.75, 3.05) is 13.1 Å². The summed E-state index contributed by atoms with van der Waals surface area (Å²) in [6, 6.07) is 9.72. The molecule has 1 saturated heterocycles. The number of hydrogen-bond donors (Lipinski definition) is 1. The summed E-state index contributed by atoms with van der Waals surface area (Å²) in [4.78, 5) is 20.0. The molecule has 2 heterocycles. The number of benzene rings is 2. The van der Waals surface area contributed by atoms with Gasteiger partial charge >= 0.3 is 0 Å². The standard InChI is InChI=1S/C27H31FN4O/c1-16-7-8-21(14-25(16)28)19-9-11-32(12-10-19)27(33)22-15-24(26-29-18(3)30-31-26)23(13-17(22)2)20-5-4-6-20/h7-8,13-15,19-20H,4-6,9-12H2,1-3H3,(H,29,30,31). The fraction of sp³-hybridized carbons (Fsp3) is 0.444. The highest BCUT2D eigenvalue weighted by atomic mass is 19.1. The summed E-state index contributed by atoms with van der Waals surface area (Å²) in [6.07, 6.45) is 5.30. The maximum absolute atomic E-state index is 14.0. The van der Waals surface area contributed by atoms with Gasteiger partial charge in [-0.15, -0.1) is 0 Å². The summed E-state index contributed by atoms with van der Waals surface area (Å²) >= 11 is 0. The number of aryl methyl sites for hydroxylation is 3. The van der Waals surface area contributed by atoms with Crippen LogP contribution in [-0.2, 0) is 0 Å². The molecule has 1 aliphatic heterocycles. The Balaban J connectivity index is 1.38. The van der Waals surface area contributed by atoms with Gasteiger partial charge in [-0.1, -0.05) is 24.6 Å². The molecule has 172 valence electrons. The summed E-state index contributed by atoms with van der Waals surface area (Å²) < 4.78 is 14.0. The number of aromatic amines is 1. The van der Waals surface area contributed by atoms with Crippen molar-refractivity contribution in [2.45, 2.75) is 64.7 Å². The van der Waals surface area contributed by atoms with Gasteiger partial charge in [-0.2, -0.15) is 5.10 Å². The Bertz CT molecular complexity index is 1190. The molecule has 1 amide bonds. The van der Waals surface area contributed by atoms with Crippen LogP contribution in [0.25, 0.3) is 11.4 Å². The van der Waals surface area contributed by atoms with Gasteiger partial charge in [-0.25, -0.2) is 9.37 Å². The van der Waals surface area contributed by atoms with Crippen molar-refractivity contribution in [1.82, 2.24) is 20.1 Å². The van der Waals surface area contributed by atoms with Crippen LogP contribution in [0, 0.1) is 26.6 Å². The van der Waals surface area contributed by atoms with Crippen LogP contribution in [0.3, 0.4) is 0 Å². The number of likely N-dealkylation sites (tertiary alicyclic amines) is 1. The van der Waals surface area contributed by atoms with Crippen LogP contribution in [0.5, 0.6) is 0 Å². The van der Waals surface area contributed by atoms with Gasteiger partial charge in [0.1, 0.15) is 11.6 Å². The minimum Gasteiger partial charge on any atom is -0.339 e. The van der Waals surface area contributed by atoms with Gasteiger partial charge in [0, 0.05) is 24.2 Å². The summed E-state index contributed by atoms with van der Waals surface area (Å²) in [7, 11) is 0. The Hall–Kier alpha value is -3.02. The highest BCUT2D eigenvalue weighted by Gasteiger charge is 2.29. The number of nitrogens with one attached hydrogen (secondary N) is 1. The van der Waals surface area contributed by atoms with Crippen LogP contribution in [-0.4, -0.2) is 39.1 Å². The molecule has 33 heavy (non-hydrogen) atoms. The minimum atomic E-state index is -0.150. The van der Waals surface area contributed by atoms with Crippen molar-refractivity contribution in [2.24, 2.45) is 0 Å². The molecule has 6 heteroatoms. The fourth-order valence-electron chi connectivity index (χ4n) is 5.12. The summed E-state index contributed by atoms with van der Waals surface area (Å²) in [5, 5.41) is 7.34. The van der Waals surface area contributed by atoms with Crippen LogP contribution >= 0.6 is 0 Å². The molecule has 2 aliphatic rings. The molecule has 1 N–H and O–H groups in total. The predicted molar refractivity (Wildman–Crippen MR) is 127 cm³/mol. The first-order valence-corrected chi connectivity index (χ1v) is 12.0. The van der Waals surface area contributed by atoms with E-state index in [1.807, 2.05) is 36.9 Å². The summed E-state index contributed by atoms with van der Waals surface area (Å²) in [5.74, 6) is 2.17. The van der Waals surface area contributed by atoms with Crippen molar-refractivity contribution in [3.05, 3.63) is 69.8 Å². The molecule has 0 spiro atoms. The van der Waals surface area contributed by atoms with Crippen LogP contribution < -0.4 is 0 Å². The second-order valence-electron chi connectivity index (χ2n) is 9.70. The third kappa shape index (κ3) is 4.19. The highest BCUT2D eigenvalue weighted by Crippen LogP contribution is 2.42. The maximum atomic E-state index is 14.0. The van der Waals surface area contributed by atoms with E-state index >= 15 is 0 Å². The Morgan fingerprint density at radius 3 is 2.36 bits per heavy atom. The maximum Gasteiger partial charge on any atom is 0.254 e. The zero-order chi connectivity index (χ0) is 23.1. The van der Waals surface area contributed by atoms with Crippen LogP contribution in [0.2, 0.25) is 0 Å². The number of H-pyrrole nitrogens is 1. The predicted octanol–water partition coefficient (Wildman–Crippen LogP) is 5.82. The fourth-order valence-corrected chi connectivity index (χ4v) is 5.12. The Morgan fingerprint density at radius 1 is 1.00 bits per heavy atom. The van der Waals surface area contributed by atoms with Crippen LogP contribution in [0.1, 0.15) is 82.4 Å². The highest BCUT2D eigenvalue weighted by molar-refractivity contribution is 5.97. The number of hydrogen-bond acceptors (Lipinski definition) is 3. The number of piperidine rings is 1. The summed E-state index contributed by atoms with van der Waals surface area (Å²) in [5.41, 5.74) is 5.69. The number of rotatable bonds is 4. The molecule has 1 aliphatic carbocycles. The number of amides is 1. The van der Waals surface area contributed by atoms with Gasteiger partial charge in [-0.05, 0) is 92.7 Å². The molecule has 3 aromatic rings. The Labute approximate surface area is 194 Å². The number of halogens is 1. The quantitative estimate of drug-likeness (QED) is 0.549. The largest absolute Gasteiger partial charge is 0.339 e. The normalized spacial score (nSPS) is 17.3. The van der Waals surface area contributed by atoms with Gasteiger partial charge < -0.3 is 4.90 Å². The molecule has 0 bridgehead atoms. The van der Waals surface area contributed by atoms with Gasteiger partial charge in [0.25, 0.3) is 5.91 Å². The van der Waals surface area contributed by atoms with Crippen molar-refractivity contribution in [1.29, 1.82) is 0 Å². The number of aromatic nitrogens is 3. The smallest absolute Gasteiger partial charge is 0.254 e. The molecular formula is C27H31FN4O. The van der Waals surface area contributed by atoms with E-state index in [9.17, 15) is 9.18 Å². The molecule has 2 fully saturated rings. The van der Waals surface area contributed by atoms with Crippen molar-refractivity contribution < 1.29 is 9.18 Å². The molecule has 0 atom stereocenters. The molecule has 2 aromatic carbocycles. The van der Waals surface area contributed by atoms with Gasteiger partial charge in [0.2, 0.25) is 0 Å². The number of nitrogens with zero attached hydrogens (tertiary/aromatic N) is 3. The topological polar surface area (TPSA) is 61.9 Å². The molecule has 0 unspecified atom stereocenters. The van der Waals surface area contributed by atoms with E-state index in [0.717, 1.165) is 40.9 Å². The zero-order valence-electron chi connectivity index (χ0n) is 19.6. The lowest BCUT2D eigenvalue weighted by atomic mass is 9.77. The second-order valence-corrected chi connectivity index (χ2v) is 9.70. The van der Waals surface area contributed by atoms with E-state index in [0.29, 0.717) is 30.4 Å². The van der Waals surface area contributed by atoms with E-state index in [-0.39, 0.29) is 17.6 Å². The van der Waals surface area contributed by atoms with Gasteiger partial charge in [0.15, 0.2) is 5.82 Å². The molecule has 5 rings (SSSR count). The zero-order valence-corrected chi connectivity index (χ0v) is 19.6. The average Bonchev–Trinajstić information content (AvgIpc) is 3.20. The van der Waals surface area contributed by atoms with Crippen molar-refractivity contribution in [3.8, 4) is 11.4 Å². The van der Waals surface area contributed by atoms with E-state index < -0.39 is 0 Å². The number of carbonyl (C=O) groups excluding carboxylic acids is 1. The Morgan fingerprint density at radius 2 is 1.76 bits per heavy atom. The monoisotopic (exact) mass is 446 g/mol. The second kappa shape index (κ2) is 8.73. The van der Waals surface area contributed by atoms with Crippen LogP contribution in [0.15, 0.2) is 30.3 Å². The molecule has 1 saturated carbocycles. The number of carbonyl (C=O) groups is 1. The summed E-state index contributed by atoms with van der Waals surface area (Å²) in [6.45, 7) is 7.07. The SMILES string of the molecule is Cc1nc(-c2cc(C(=O)N3CCC(c4ccc(C)c(F)c4)CC3)c(C)cc2C2CCC2)n[nH]1. The van der Waals surface area contributed by atoms with E-state index in [1.165, 1.54) is 24.8 Å². The molecule has 1 aromatic heterocycles. The van der Waals surface area contributed by atoms with Crippen LogP contribution in [0.4, 0.5) is 4.39 Å². The van der Waals surface area contributed by atoms with E-state index in [1.54, 1.807) is 13.0 Å². The van der Waals surface area contributed by atoms with E-state index in [4.69, 9.17) is 0 Å². The lowest BCUT2D eigenvalue weighted by Crippen LogP contribution is -2.38. The lowest BCUT2D eigenvalue weighted by molar-refractivity contribution is 0.0712. The Kier molecular flexibility index (Phi) is 5.77. The van der Waals surface area contributed by atoms with Gasteiger partial charge in [0.05, 0.1) is 0 Å². The van der Waals surface area contributed by atoms with Gasteiger partial charge in [-0.3, -0.25) is 9.89 Å². The van der Waals surface area contributed by atoms with E-state index in [2.05, 4.69) is 21.2 Å².